The molecule has 0 fully saturated rings. The van der Waals surface area contributed by atoms with Crippen molar-refractivity contribution in [1.29, 1.82) is 0 Å². The molecule has 0 saturated heterocycles. The predicted octanol–water partition coefficient (Wildman–Crippen LogP) is 4.06. The van der Waals surface area contributed by atoms with Crippen molar-refractivity contribution in [1.82, 2.24) is 0 Å². The van der Waals surface area contributed by atoms with Crippen molar-refractivity contribution in [3.63, 3.8) is 0 Å². The fourth-order valence-electron chi connectivity index (χ4n) is 1.42. The van der Waals surface area contributed by atoms with Gasteiger partial charge in [0.05, 0.1) is 11.0 Å². The first-order chi connectivity index (χ1) is 7.55. The zero-order valence-corrected chi connectivity index (χ0v) is 10.4. The highest BCUT2D eigenvalue weighted by atomic mass is 35.5. The van der Waals surface area contributed by atoms with E-state index in [4.69, 9.17) is 11.6 Å². The van der Waals surface area contributed by atoms with Gasteiger partial charge < -0.3 is 0 Å². The lowest BCUT2D eigenvalue weighted by Gasteiger charge is -2.22. The highest BCUT2D eigenvalue weighted by Gasteiger charge is 2.34. The molecule has 0 bridgehead atoms. The minimum Gasteiger partial charge on any atom is -0.280 e. The maximum absolute atomic E-state index is 12.6. The molecule has 1 rings (SSSR count). The number of halogens is 4. The van der Waals surface area contributed by atoms with Gasteiger partial charge in [-0.15, -0.1) is 0 Å². The molecule has 0 aliphatic rings. The molecule has 1 nitrogen and oxygen atoms in total. The normalized spacial score (nSPS) is 12.6. The number of carbonyl (C=O) groups is 1. The second-order valence-electron chi connectivity index (χ2n) is 4.48. The van der Waals surface area contributed by atoms with E-state index in [1.165, 1.54) is 19.9 Å². The Morgan fingerprint density at radius 2 is 1.59 bits per heavy atom. The molecule has 1 aromatic carbocycles. The van der Waals surface area contributed by atoms with E-state index in [0.29, 0.717) is 5.56 Å². The predicted molar refractivity (Wildman–Crippen MR) is 60.1 cm³/mol. The average molecular weight is 265 g/mol. The van der Waals surface area contributed by atoms with Crippen LogP contribution in [0.15, 0.2) is 18.2 Å². The largest absolute Gasteiger partial charge is 0.416 e. The summed E-state index contributed by atoms with van der Waals surface area (Å²) in [6.45, 7) is 4.54. The Bertz CT molecular complexity index is 450. The van der Waals surface area contributed by atoms with Crippen LogP contribution >= 0.6 is 11.6 Å². The third-order valence-electron chi connectivity index (χ3n) is 2.62. The second kappa shape index (κ2) is 4.33. The SMILES string of the molecule is Cc1cc(C(F)(F)F)cc(C(C)(C)C(=O)Cl)c1. The zero-order valence-electron chi connectivity index (χ0n) is 9.65. The van der Waals surface area contributed by atoms with E-state index in [0.717, 1.165) is 12.1 Å². The van der Waals surface area contributed by atoms with E-state index in [-0.39, 0.29) is 5.56 Å². The Hall–Kier alpha value is -1.03. The number of rotatable bonds is 2. The Kier molecular flexibility index (Phi) is 3.58. The number of benzene rings is 1. The van der Waals surface area contributed by atoms with Crippen molar-refractivity contribution >= 4 is 16.8 Å². The quantitative estimate of drug-likeness (QED) is 0.736. The summed E-state index contributed by atoms with van der Waals surface area (Å²) in [7, 11) is 0. The van der Waals surface area contributed by atoms with Gasteiger partial charge in [0, 0.05) is 0 Å². The maximum atomic E-state index is 12.6. The van der Waals surface area contributed by atoms with Crippen molar-refractivity contribution < 1.29 is 18.0 Å². The third-order valence-corrected chi connectivity index (χ3v) is 3.09. The molecule has 94 valence electrons. The monoisotopic (exact) mass is 264 g/mol. The van der Waals surface area contributed by atoms with Gasteiger partial charge in [-0.3, -0.25) is 4.79 Å². The van der Waals surface area contributed by atoms with Gasteiger partial charge in [0.2, 0.25) is 5.24 Å². The summed E-state index contributed by atoms with van der Waals surface area (Å²) in [5.74, 6) is 0. The lowest BCUT2D eigenvalue weighted by atomic mass is 9.84. The fourth-order valence-corrected chi connectivity index (χ4v) is 1.53. The van der Waals surface area contributed by atoms with Gasteiger partial charge in [-0.05, 0) is 50.1 Å². The summed E-state index contributed by atoms with van der Waals surface area (Å²) < 4.78 is 37.9. The van der Waals surface area contributed by atoms with E-state index in [9.17, 15) is 18.0 Å². The van der Waals surface area contributed by atoms with E-state index < -0.39 is 22.4 Å². The van der Waals surface area contributed by atoms with Crippen molar-refractivity contribution in [2.24, 2.45) is 0 Å². The first kappa shape index (κ1) is 14.0. The van der Waals surface area contributed by atoms with Crippen molar-refractivity contribution in [3.05, 3.63) is 34.9 Å². The van der Waals surface area contributed by atoms with Gasteiger partial charge >= 0.3 is 6.18 Å². The van der Waals surface area contributed by atoms with Crippen molar-refractivity contribution in [3.8, 4) is 0 Å². The van der Waals surface area contributed by atoms with Crippen molar-refractivity contribution in [2.75, 3.05) is 0 Å². The van der Waals surface area contributed by atoms with Crippen LogP contribution in [0.1, 0.15) is 30.5 Å². The first-order valence-electron chi connectivity index (χ1n) is 4.94. The topological polar surface area (TPSA) is 17.1 Å². The number of hydrogen-bond acceptors (Lipinski definition) is 1. The van der Waals surface area contributed by atoms with Gasteiger partial charge in [0.1, 0.15) is 0 Å². The number of hydrogen-bond donors (Lipinski definition) is 0. The third kappa shape index (κ3) is 3.00. The number of aryl methyl sites for hydroxylation is 1. The summed E-state index contributed by atoms with van der Waals surface area (Å²) in [5.41, 5.74) is -1.18. The molecule has 0 saturated carbocycles. The lowest BCUT2D eigenvalue weighted by Crippen LogP contribution is -2.25. The molecule has 0 aliphatic carbocycles. The molecule has 0 radical (unpaired) electrons. The molecule has 17 heavy (non-hydrogen) atoms. The molecule has 5 heteroatoms. The van der Waals surface area contributed by atoms with Gasteiger partial charge in [-0.25, -0.2) is 0 Å². The van der Waals surface area contributed by atoms with E-state index >= 15 is 0 Å². The van der Waals surface area contributed by atoms with E-state index in [2.05, 4.69) is 0 Å². The molecule has 0 spiro atoms. The molecular formula is C12H12ClF3O. The summed E-state index contributed by atoms with van der Waals surface area (Å²) in [4.78, 5) is 11.2. The van der Waals surface area contributed by atoms with E-state index in [1.807, 2.05) is 0 Å². The van der Waals surface area contributed by atoms with Crippen LogP contribution in [0.5, 0.6) is 0 Å². The van der Waals surface area contributed by atoms with Crippen LogP contribution in [-0.4, -0.2) is 5.24 Å². The molecule has 0 heterocycles. The number of alkyl halides is 3. The average Bonchev–Trinajstić information content (AvgIpc) is 2.15. The Balaban J connectivity index is 3.38. The van der Waals surface area contributed by atoms with Gasteiger partial charge in [-0.2, -0.15) is 13.2 Å². The Morgan fingerprint density at radius 3 is 2.00 bits per heavy atom. The number of carbonyl (C=O) groups excluding carboxylic acids is 1. The van der Waals surface area contributed by atoms with E-state index in [1.54, 1.807) is 6.92 Å². The van der Waals surface area contributed by atoms with Gasteiger partial charge in [-0.1, -0.05) is 11.6 Å². The van der Waals surface area contributed by atoms with Crippen LogP contribution in [0, 0.1) is 6.92 Å². The van der Waals surface area contributed by atoms with Crippen LogP contribution < -0.4 is 0 Å². The minimum absolute atomic E-state index is 0.268. The summed E-state index contributed by atoms with van der Waals surface area (Å²) >= 11 is 5.40. The fraction of sp³-hybridized carbons (Fsp3) is 0.417. The minimum atomic E-state index is -4.42. The van der Waals surface area contributed by atoms with Crippen LogP contribution in [-0.2, 0) is 16.4 Å². The van der Waals surface area contributed by atoms with Crippen LogP contribution in [0.3, 0.4) is 0 Å². The van der Waals surface area contributed by atoms with Crippen LogP contribution in [0.2, 0.25) is 0 Å². The molecule has 0 atom stereocenters. The first-order valence-corrected chi connectivity index (χ1v) is 5.32. The summed E-state index contributed by atoms with van der Waals surface area (Å²) in [6, 6.07) is 3.54. The Labute approximate surface area is 103 Å². The lowest BCUT2D eigenvalue weighted by molar-refractivity contribution is -0.137. The molecule has 0 aromatic heterocycles. The highest BCUT2D eigenvalue weighted by molar-refractivity contribution is 6.65. The molecule has 0 unspecified atom stereocenters. The van der Waals surface area contributed by atoms with Crippen LogP contribution in [0.25, 0.3) is 0 Å². The second-order valence-corrected chi connectivity index (χ2v) is 4.83. The summed E-state index contributed by atoms with van der Waals surface area (Å²) in [5, 5.41) is -0.684. The van der Waals surface area contributed by atoms with Crippen molar-refractivity contribution in [2.45, 2.75) is 32.4 Å². The highest BCUT2D eigenvalue weighted by Crippen LogP contribution is 2.34. The smallest absolute Gasteiger partial charge is 0.280 e. The standard InChI is InChI=1S/C12H12ClF3O/c1-7-4-8(11(2,3)10(13)17)6-9(5-7)12(14,15)16/h4-6H,1-3H3. The molecular weight excluding hydrogens is 253 g/mol. The molecule has 1 aromatic rings. The Morgan fingerprint density at radius 1 is 1.12 bits per heavy atom. The molecule has 0 N–H and O–H groups in total. The van der Waals surface area contributed by atoms with Crippen LogP contribution in [0.4, 0.5) is 13.2 Å². The van der Waals surface area contributed by atoms with Gasteiger partial charge in [0.15, 0.2) is 0 Å². The summed E-state index contributed by atoms with van der Waals surface area (Å²) in [6.07, 6.45) is -4.42. The zero-order chi connectivity index (χ0) is 13.4. The maximum Gasteiger partial charge on any atom is 0.416 e. The molecule has 0 aliphatic heterocycles. The van der Waals surface area contributed by atoms with Gasteiger partial charge in [0.25, 0.3) is 0 Å². The molecule has 0 amide bonds.